The van der Waals surface area contributed by atoms with E-state index in [0.717, 1.165) is 5.78 Å². The van der Waals surface area contributed by atoms with Gasteiger partial charge in [-0.3, -0.25) is 0 Å². The topological polar surface area (TPSA) is 30.2 Å². The molecule has 0 radical (unpaired) electrons. The van der Waals surface area contributed by atoms with Crippen molar-refractivity contribution in [2.75, 3.05) is 0 Å². The van der Waals surface area contributed by atoms with Crippen LogP contribution in [0.15, 0.2) is 24.7 Å². The van der Waals surface area contributed by atoms with Crippen LogP contribution < -0.4 is 3.71 Å². The van der Waals surface area contributed by atoms with Gasteiger partial charge in [0.1, 0.15) is 0 Å². The van der Waals surface area contributed by atoms with Crippen LogP contribution in [0.4, 0.5) is 0 Å². The van der Waals surface area contributed by atoms with Crippen LogP contribution in [0.5, 0.6) is 0 Å². The summed E-state index contributed by atoms with van der Waals surface area (Å²) in [5.74, 6) is 0.892. The minimum atomic E-state index is -2.38. The van der Waals surface area contributed by atoms with E-state index in [-0.39, 0.29) is 0 Å². The van der Waals surface area contributed by atoms with Gasteiger partial charge in [0.15, 0.2) is 0 Å². The van der Waals surface area contributed by atoms with Gasteiger partial charge in [0.05, 0.1) is 0 Å². The molecule has 0 fully saturated rings. The van der Waals surface area contributed by atoms with Crippen molar-refractivity contribution < 1.29 is 0 Å². The number of nitrogens with zero attached hydrogens (tertiary/aromatic N) is 3. The Balaban J connectivity index is 2.42. The van der Waals surface area contributed by atoms with E-state index in [2.05, 4.69) is 47.5 Å². The summed E-state index contributed by atoms with van der Waals surface area (Å²) in [5.41, 5.74) is 0. The fourth-order valence-corrected chi connectivity index (χ4v) is 19.6. The maximum absolute atomic E-state index is 4.61. The molecule has 2 aromatic heterocycles. The summed E-state index contributed by atoms with van der Waals surface area (Å²) < 4.78 is 8.35. The zero-order chi connectivity index (χ0) is 15.8. The molecule has 2 rings (SSSR count). The van der Waals surface area contributed by atoms with E-state index in [1.165, 1.54) is 51.8 Å². The molecule has 0 aliphatic carbocycles. The first-order chi connectivity index (χ1) is 10.8. The molecule has 2 heterocycles. The summed E-state index contributed by atoms with van der Waals surface area (Å²) in [6.07, 6.45) is 14.3. The van der Waals surface area contributed by atoms with Gasteiger partial charge in [0.2, 0.25) is 0 Å². The Kier molecular flexibility index (Phi) is 7.19. The van der Waals surface area contributed by atoms with Gasteiger partial charge in [-0.2, -0.15) is 0 Å². The zero-order valence-electron chi connectivity index (χ0n) is 14.5. The first kappa shape index (κ1) is 17.8. The summed E-state index contributed by atoms with van der Waals surface area (Å²) in [4.78, 5) is 9.05. The van der Waals surface area contributed by atoms with Crippen molar-refractivity contribution in [1.29, 1.82) is 0 Å². The Labute approximate surface area is 139 Å². The van der Waals surface area contributed by atoms with Gasteiger partial charge in [-0.05, 0) is 0 Å². The predicted octanol–water partition coefficient (Wildman–Crippen LogP) is 4.79. The van der Waals surface area contributed by atoms with Crippen LogP contribution in [0.25, 0.3) is 5.78 Å². The molecule has 0 aliphatic rings. The minimum absolute atomic E-state index is 0.892. The van der Waals surface area contributed by atoms with Gasteiger partial charge >= 0.3 is 139 Å². The van der Waals surface area contributed by atoms with Crippen LogP contribution >= 0.6 is 0 Å². The molecule has 2 aromatic rings. The Morgan fingerprint density at radius 1 is 0.909 bits per heavy atom. The monoisotopic (exact) mass is 409 g/mol. The zero-order valence-corrected chi connectivity index (χ0v) is 17.4. The summed E-state index contributed by atoms with van der Waals surface area (Å²) in [6, 6.07) is 2.05. The van der Waals surface area contributed by atoms with Crippen LogP contribution in [-0.4, -0.2) is 32.7 Å². The summed E-state index contributed by atoms with van der Waals surface area (Å²) >= 11 is -2.38. The van der Waals surface area contributed by atoms with E-state index in [1.54, 1.807) is 3.71 Å². The van der Waals surface area contributed by atoms with E-state index in [4.69, 9.17) is 0 Å². The summed E-state index contributed by atoms with van der Waals surface area (Å²) in [6.45, 7) is 6.98. The predicted molar refractivity (Wildman–Crippen MR) is 97.5 cm³/mol. The molecule has 3 nitrogen and oxygen atoms in total. The average Bonchev–Trinajstić information content (AvgIpc) is 2.99. The molecule has 0 spiro atoms. The van der Waals surface area contributed by atoms with Crippen molar-refractivity contribution in [2.45, 2.75) is 72.6 Å². The van der Waals surface area contributed by atoms with Crippen LogP contribution in [-0.2, 0) is 0 Å². The number of aromatic nitrogens is 3. The molecule has 0 unspecified atom stereocenters. The maximum atomic E-state index is 4.61. The first-order valence-electron chi connectivity index (χ1n) is 9.06. The van der Waals surface area contributed by atoms with Gasteiger partial charge in [0.25, 0.3) is 0 Å². The van der Waals surface area contributed by atoms with Gasteiger partial charge in [0, 0.05) is 0 Å². The average molecular weight is 408 g/mol. The van der Waals surface area contributed by atoms with E-state index in [0.29, 0.717) is 0 Å². The Hall–Kier alpha value is -0.581. The fraction of sp³-hybridized carbons (Fsp3) is 0.667. The third-order valence-corrected chi connectivity index (χ3v) is 20.2. The fourth-order valence-electron chi connectivity index (χ4n) is 3.52. The van der Waals surface area contributed by atoms with Gasteiger partial charge < -0.3 is 0 Å². The molecule has 0 aliphatic heterocycles. The molecule has 22 heavy (non-hydrogen) atoms. The Morgan fingerprint density at radius 2 is 1.50 bits per heavy atom. The normalized spacial score (nSPS) is 12.1. The Morgan fingerprint density at radius 3 is 2.05 bits per heavy atom. The van der Waals surface area contributed by atoms with Crippen molar-refractivity contribution in [3.63, 3.8) is 0 Å². The van der Waals surface area contributed by atoms with Crippen LogP contribution in [0.1, 0.15) is 59.3 Å². The van der Waals surface area contributed by atoms with E-state index >= 15 is 0 Å². The summed E-state index contributed by atoms with van der Waals surface area (Å²) in [7, 11) is 0. The molecule has 122 valence electrons. The second kappa shape index (κ2) is 8.90. The first-order valence-corrected chi connectivity index (χ1v) is 16.5. The number of hydrogen-bond acceptors (Lipinski definition) is 2. The van der Waals surface area contributed by atoms with Gasteiger partial charge in [-0.1, -0.05) is 0 Å². The third-order valence-electron chi connectivity index (χ3n) is 4.86. The third kappa shape index (κ3) is 4.03. The number of unbranched alkanes of at least 4 members (excludes halogenated alkanes) is 3. The molecule has 0 aromatic carbocycles. The number of hydrogen-bond donors (Lipinski definition) is 0. The molecule has 4 heteroatoms. The summed E-state index contributed by atoms with van der Waals surface area (Å²) in [5, 5.41) is 0. The second-order valence-corrected chi connectivity index (χ2v) is 19.6. The van der Waals surface area contributed by atoms with E-state index in [9.17, 15) is 0 Å². The van der Waals surface area contributed by atoms with Crippen LogP contribution in [0.3, 0.4) is 0 Å². The molecule has 0 saturated carbocycles. The molecule has 0 saturated heterocycles. The molecule has 0 amide bonds. The molecular formula is C18H31N3Sn. The molecule has 0 bridgehead atoms. The number of fused-ring (bicyclic) bond motifs is 1. The molecular weight excluding hydrogens is 377 g/mol. The second-order valence-electron chi connectivity index (χ2n) is 6.52. The van der Waals surface area contributed by atoms with Crippen molar-refractivity contribution in [2.24, 2.45) is 0 Å². The number of rotatable bonds is 10. The molecule has 0 atom stereocenters. The van der Waals surface area contributed by atoms with Crippen molar-refractivity contribution in [1.82, 2.24) is 14.4 Å². The Bertz CT molecular complexity index is 542. The SMILES string of the molecule is CCC[CH2][Sn]([CH2]CCC)([CH2]CCC)[c]1cnc2ncccn12. The van der Waals surface area contributed by atoms with Crippen LogP contribution in [0, 0.1) is 0 Å². The quantitative estimate of drug-likeness (QED) is 0.530. The standard InChI is InChI=1S/C6H4N3.3C4H9.Sn/c1-2-7-6-8-3-5-9(6)4-1;3*1-3-4-2;/h1-4H;3*1,3-4H2,2H3;. The van der Waals surface area contributed by atoms with Gasteiger partial charge in [-0.25, -0.2) is 0 Å². The van der Waals surface area contributed by atoms with Crippen molar-refractivity contribution >= 4 is 27.9 Å². The van der Waals surface area contributed by atoms with Gasteiger partial charge in [-0.15, -0.1) is 0 Å². The van der Waals surface area contributed by atoms with E-state index in [1.807, 2.05) is 12.3 Å². The number of imidazole rings is 1. The van der Waals surface area contributed by atoms with Crippen molar-refractivity contribution in [3.8, 4) is 0 Å². The van der Waals surface area contributed by atoms with Crippen molar-refractivity contribution in [3.05, 3.63) is 24.7 Å². The molecule has 0 N–H and O–H groups in total. The van der Waals surface area contributed by atoms with E-state index < -0.39 is 18.4 Å². The van der Waals surface area contributed by atoms with Crippen LogP contribution in [0.2, 0.25) is 13.3 Å².